The second-order valence-electron chi connectivity index (χ2n) is 6.18. The Hall–Kier alpha value is -2.51. The van der Waals surface area contributed by atoms with Crippen LogP contribution in [-0.2, 0) is 0 Å². The van der Waals surface area contributed by atoms with Crippen LogP contribution in [0.2, 0.25) is 0 Å². The fourth-order valence-electron chi connectivity index (χ4n) is 3.03. The molecule has 7 heteroatoms. The molecule has 1 aromatic carbocycles. The molecular weight excluding hydrogens is 336 g/mol. The number of aromatic nitrogens is 2. The molecule has 1 amide bonds. The van der Waals surface area contributed by atoms with Gasteiger partial charge < -0.3 is 9.80 Å². The molecule has 3 heterocycles. The number of hydrogen-bond donors (Lipinski definition) is 0. The zero-order valence-electron chi connectivity index (χ0n) is 13.9. The predicted octanol–water partition coefficient (Wildman–Crippen LogP) is 1.81. The molecule has 0 aliphatic carbocycles. The maximum atomic E-state index is 13.0. The van der Waals surface area contributed by atoms with Crippen molar-refractivity contribution in [2.75, 3.05) is 33.2 Å². The van der Waals surface area contributed by atoms with Crippen LogP contribution in [0, 0.1) is 0 Å². The minimum atomic E-state index is -0.297. The van der Waals surface area contributed by atoms with E-state index in [1.165, 1.54) is 17.5 Å². The van der Waals surface area contributed by atoms with Crippen LogP contribution in [0.4, 0.5) is 0 Å². The highest BCUT2D eigenvalue weighted by molar-refractivity contribution is 7.15. The summed E-state index contributed by atoms with van der Waals surface area (Å²) in [7, 11) is 2.03. The molecule has 2 aromatic heterocycles. The first-order chi connectivity index (χ1) is 12.1. The minimum Gasteiger partial charge on any atom is -0.336 e. The van der Waals surface area contributed by atoms with Gasteiger partial charge in [0.05, 0.1) is 5.69 Å². The zero-order valence-corrected chi connectivity index (χ0v) is 14.7. The number of carbonyl (C=O) groups excluding carboxylic acids is 1. The zero-order chi connectivity index (χ0) is 17.4. The Kier molecular flexibility index (Phi) is 4.10. The molecule has 1 saturated heterocycles. The number of fused-ring (bicyclic) bond motifs is 1. The Morgan fingerprint density at radius 3 is 2.56 bits per heavy atom. The van der Waals surface area contributed by atoms with Crippen molar-refractivity contribution in [3.05, 3.63) is 57.8 Å². The summed E-state index contributed by atoms with van der Waals surface area (Å²) in [5.74, 6) is -0.231. The summed E-state index contributed by atoms with van der Waals surface area (Å²) in [6, 6.07) is 9.68. The van der Waals surface area contributed by atoms with Crippen molar-refractivity contribution >= 4 is 22.2 Å². The van der Waals surface area contributed by atoms with Gasteiger partial charge in [0.25, 0.3) is 11.5 Å². The molecule has 0 radical (unpaired) electrons. The van der Waals surface area contributed by atoms with Crippen LogP contribution in [0.3, 0.4) is 0 Å². The number of hydrogen-bond acceptors (Lipinski definition) is 5. The number of thiazole rings is 1. The molecule has 0 unspecified atom stereocenters. The Balaban J connectivity index is 1.77. The molecule has 128 valence electrons. The summed E-state index contributed by atoms with van der Waals surface area (Å²) < 4.78 is 1.54. The Labute approximate surface area is 149 Å². The van der Waals surface area contributed by atoms with Crippen LogP contribution in [0.15, 0.2) is 46.7 Å². The molecule has 1 aliphatic heterocycles. The number of carbonyl (C=O) groups is 1. The lowest BCUT2D eigenvalue weighted by atomic mass is 10.2. The molecule has 4 rings (SSSR count). The van der Waals surface area contributed by atoms with Crippen LogP contribution in [0.5, 0.6) is 0 Å². The summed E-state index contributed by atoms with van der Waals surface area (Å²) in [5, 5.41) is 1.91. The normalized spacial score (nSPS) is 15.6. The van der Waals surface area contributed by atoms with Gasteiger partial charge in [-0.25, -0.2) is 4.98 Å². The number of piperazine rings is 1. The standard InChI is InChI=1S/C18H18N4O2S/c1-20-7-9-21(10-8-20)16(23)14-11-19-18-22(17(14)24)15(12-25-18)13-5-3-2-4-6-13/h2-6,11-12H,7-10H2,1H3. The van der Waals surface area contributed by atoms with Crippen molar-refractivity contribution in [3.63, 3.8) is 0 Å². The topological polar surface area (TPSA) is 57.9 Å². The van der Waals surface area contributed by atoms with Crippen molar-refractivity contribution in [1.29, 1.82) is 0 Å². The van der Waals surface area contributed by atoms with E-state index in [1.54, 1.807) is 9.30 Å². The van der Waals surface area contributed by atoms with Crippen LogP contribution in [-0.4, -0.2) is 58.3 Å². The lowest BCUT2D eigenvalue weighted by Crippen LogP contribution is -2.48. The summed E-state index contributed by atoms with van der Waals surface area (Å²) in [6.07, 6.45) is 1.42. The van der Waals surface area contributed by atoms with Crippen LogP contribution < -0.4 is 5.56 Å². The Morgan fingerprint density at radius 2 is 1.84 bits per heavy atom. The molecular formula is C18H18N4O2S. The van der Waals surface area contributed by atoms with Gasteiger partial charge in [0.2, 0.25) is 0 Å². The van der Waals surface area contributed by atoms with E-state index in [-0.39, 0.29) is 17.0 Å². The van der Waals surface area contributed by atoms with E-state index in [1.807, 2.05) is 42.8 Å². The second kappa shape index (κ2) is 6.42. The SMILES string of the molecule is CN1CCN(C(=O)c2cnc3scc(-c4ccccc4)n3c2=O)CC1. The molecule has 0 N–H and O–H groups in total. The van der Waals surface area contributed by atoms with Gasteiger partial charge in [-0.2, -0.15) is 0 Å². The van der Waals surface area contributed by atoms with Gasteiger partial charge >= 0.3 is 0 Å². The van der Waals surface area contributed by atoms with Crippen molar-refractivity contribution in [2.45, 2.75) is 0 Å². The van der Waals surface area contributed by atoms with Gasteiger partial charge in [0.1, 0.15) is 5.56 Å². The molecule has 0 saturated carbocycles. The number of benzene rings is 1. The third kappa shape index (κ3) is 2.85. The van der Waals surface area contributed by atoms with Gasteiger partial charge in [-0.1, -0.05) is 30.3 Å². The van der Waals surface area contributed by atoms with Gasteiger partial charge in [0.15, 0.2) is 4.96 Å². The molecule has 0 spiro atoms. The molecule has 0 bridgehead atoms. The van der Waals surface area contributed by atoms with E-state index >= 15 is 0 Å². The van der Waals surface area contributed by atoms with Crippen LogP contribution in [0.1, 0.15) is 10.4 Å². The van der Waals surface area contributed by atoms with Crippen molar-refractivity contribution in [3.8, 4) is 11.3 Å². The number of nitrogens with zero attached hydrogens (tertiary/aromatic N) is 4. The highest BCUT2D eigenvalue weighted by atomic mass is 32.1. The van der Waals surface area contributed by atoms with Gasteiger partial charge in [-0.15, -0.1) is 11.3 Å². The third-order valence-electron chi connectivity index (χ3n) is 4.54. The van der Waals surface area contributed by atoms with E-state index in [0.717, 1.165) is 24.3 Å². The lowest BCUT2D eigenvalue weighted by molar-refractivity contribution is 0.0661. The maximum absolute atomic E-state index is 13.0. The summed E-state index contributed by atoms with van der Waals surface area (Å²) >= 11 is 1.40. The second-order valence-corrected chi connectivity index (χ2v) is 7.01. The van der Waals surface area contributed by atoms with Crippen molar-refractivity contribution in [1.82, 2.24) is 19.2 Å². The van der Waals surface area contributed by atoms with E-state index < -0.39 is 0 Å². The monoisotopic (exact) mass is 354 g/mol. The van der Waals surface area contributed by atoms with Crippen LogP contribution >= 0.6 is 11.3 Å². The molecule has 6 nitrogen and oxygen atoms in total. The van der Waals surface area contributed by atoms with Crippen molar-refractivity contribution in [2.24, 2.45) is 0 Å². The summed E-state index contributed by atoms with van der Waals surface area (Å²) in [4.78, 5) is 34.6. The van der Waals surface area contributed by atoms with Crippen LogP contribution in [0.25, 0.3) is 16.2 Å². The maximum Gasteiger partial charge on any atom is 0.271 e. The summed E-state index contributed by atoms with van der Waals surface area (Å²) in [5.41, 5.74) is 1.54. The molecule has 1 aliphatic rings. The van der Waals surface area contributed by atoms with E-state index in [0.29, 0.717) is 18.1 Å². The Bertz CT molecular complexity index is 972. The quantitative estimate of drug-likeness (QED) is 0.704. The summed E-state index contributed by atoms with van der Waals surface area (Å²) in [6.45, 7) is 2.90. The smallest absolute Gasteiger partial charge is 0.271 e. The average molecular weight is 354 g/mol. The lowest BCUT2D eigenvalue weighted by Gasteiger charge is -2.32. The largest absolute Gasteiger partial charge is 0.336 e. The highest BCUT2D eigenvalue weighted by Gasteiger charge is 2.24. The van der Waals surface area contributed by atoms with E-state index in [4.69, 9.17) is 0 Å². The highest BCUT2D eigenvalue weighted by Crippen LogP contribution is 2.23. The predicted molar refractivity (Wildman–Crippen MR) is 98.2 cm³/mol. The number of rotatable bonds is 2. The minimum absolute atomic E-state index is 0.137. The van der Waals surface area contributed by atoms with Gasteiger partial charge in [-0.05, 0) is 12.6 Å². The van der Waals surface area contributed by atoms with E-state index in [2.05, 4.69) is 9.88 Å². The van der Waals surface area contributed by atoms with E-state index in [9.17, 15) is 9.59 Å². The Morgan fingerprint density at radius 1 is 1.12 bits per heavy atom. The fourth-order valence-corrected chi connectivity index (χ4v) is 3.89. The van der Waals surface area contributed by atoms with Gasteiger partial charge in [0, 0.05) is 37.8 Å². The van der Waals surface area contributed by atoms with Gasteiger partial charge in [-0.3, -0.25) is 14.0 Å². The first-order valence-electron chi connectivity index (χ1n) is 8.17. The van der Waals surface area contributed by atoms with Crippen molar-refractivity contribution < 1.29 is 4.79 Å². The molecule has 3 aromatic rings. The average Bonchev–Trinajstić information content (AvgIpc) is 3.08. The molecule has 1 fully saturated rings. The first-order valence-corrected chi connectivity index (χ1v) is 9.05. The first kappa shape index (κ1) is 16.0. The number of likely N-dealkylation sites (N-methyl/N-ethyl adjacent to an activating group) is 1. The third-order valence-corrected chi connectivity index (χ3v) is 5.38. The molecule has 0 atom stereocenters. The molecule has 25 heavy (non-hydrogen) atoms. The fraction of sp³-hybridized carbons (Fsp3) is 0.278. The number of amides is 1.